The Bertz CT molecular complexity index is 619. The first-order valence-corrected chi connectivity index (χ1v) is 6.50. The molecule has 2 aromatic heterocycles. The molecule has 1 amide bonds. The van der Waals surface area contributed by atoms with Crippen molar-refractivity contribution in [1.29, 1.82) is 0 Å². The third-order valence-electron chi connectivity index (χ3n) is 3.57. The summed E-state index contributed by atoms with van der Waals surface area (Å²) in [6, 6.07) is 0. The molecule has 7 heteroatoms. The quantitative estimate of drug-likeness (QED) is 0.870. The molecule has 0 aromatic carbocycles. The molecule has 1 aliphatic rings. The predicted molar refractivity (Wildman–Crippen MR) is 69.6 cm³/mol. The van der Waals surface area contributed by atoms with Crippen LogP contribution in [0.5, 0.6) is 0 Å². The van der Waals surface area contributed by atoms with Crippen molar-refractivity contribution >= 4 is 23.2 Å². The second-order valence-electron chi connectivity index (χ2n) is 4.63. The third-order valence-corrected chi connectivity index (χ3v) is 3.86. The Morgan fingerprint density at radius 3 is 2.79 bits per heavy atom. The summed E-state index contributed by atoms with van der Waals surface area (Å²) in [5.74, 6) is 1.20. The number of hydrogen-bond donors (Lipinski definition) is 1. The molecule has 3 heterocycles. The van der Waals surface area contributed by atoms with Gasteiger partial charge in [0.05, 0.1) is 6.20 Å². The van der Waals surface area contributed by atoms with Crippen molar-refractivity contribution in [3.8, 4) is 0 Å². The van der Waals surface area contributed by atoms with E-state index in [0.717, 1.165) is 24.2 Å². The lowest BCUT2D eigenvalue weighted by Crippen LogP contribution is -2.37. The molecule has 1 saturated heterocycles. The van der Waals surface area contributed by atoms with Crippen LogP contribution in [0.25, 0.3) is 5.52 Å². The molecule has 0 bridgehead atoms. The zero-order chi connectivity index (χ0) is 13.4. The van der Waals surface area contributed by atoms with E-state index >= 15 is 0 Å². The van der Waals surface area contributed by atoms with Crippen LogP contribution in [0, 0.1) is 0 Å². The summed E-state index contributed by atoms with van der Waals surface area (Å²) in [7, 11) is 0. The Morgan fingerprint density at radius 1 is 1.37 bits per heavy atom. The first-order valence-electron chi connectivity index (χ1n) is 6.12. The number of likely N-dealkylation sites (tertiary alicyclic amines) is 1. The van der Waals surface area contributed by atoms with E-state index in [1.54, 1.807) is 12.4 Å². The van der Waals surface area contributed by atoms with Gasteiger partial charge in [-0.15, -0.1) is 0 Å². The van der Waals surface area contributed by atoms with E-state index in [9.17, 15) is 4.79 Å². The molecule has 6 nitrogen and oxygen atoms in total. The molecule has 0 radical (unpaired) electrons. The van der Waals surface area contributed by atoms with E-state index in [4.69, 9.17) is 16.7 Å². The summed E-state index contributed by atoms with van der Waals surface area (Å²) < 4.78 is 1.94. The summed E-state index contributed by atoms with van der Waals surface area (Å²) in [4.78, 5) is 20.8. The van der Waals surface area contributed by atoms with E-state index in [1.165, 1.54) is 4.90 Å². The molecule has 0 spiro atoms. The largest absolute Gasteiger partial charge is 0.465 e. The SMILES string of the molecule is O=C(O)N1CCC(c2ncc3c(Cl)nccn23)CC1. The molecule has 0 atom stereocenters. The summed E-state index contributed by atoms with van der Waals surface area (Å²) in [5.41, 5.74) is 0.792. The maximum atomic E-state index is 10.9. The van der Waals surface area contributed by atoms with E-state index in [1.807, 2.05) is 10.6 Å². The van der Waals surface area contributed by atoms with Gasteiger partial charge in [-0.3, -0.25) is 4.40 Å². The van der Waals surface area contributed by atoms with Gasteiger partial charge < -0.3 is 10.0 Å². The van der Waals surface area contributed by atoms with Crippen molar-refractivity contribution in [3.05, 3.63) is 29.6 Å². The maximum Gasteiger partial charge on any atom is 0.407 e. The van der Waals surface area contributed by atoms with Gasteiger partial charge in [0.1, 0.15) is 11.3 Å². The van der Waals surface area contributed by atoms with Gasteiger partial charge in [-0.25, -0.2) is 14.8 Å². The normalized spacial score (nSPS) is 17.0. The lowest BCUT2D eigenvalue weighted by Gasteiger charge is -2.29. The molecule has 2 aromatic rings. The minimum atomic E-state index is -0.848. The van der Waals surface area contributed by atoms with Crippen LogP contribution in [0.15, 0.2) is 18.6 Å². The Morgan fingerprint density at radius 2 is 2.11 bits per heavy atom. The monoisotopic (exact) mass is 280 g/mol. The van der Waals surface area contributed by atoms with Gasteiger partial charge in [0, 0.05) is 31.4 Å². The van der Waals surface area contributed by atoms with E-state index in [-0.39, 0.29) is 5.92 Å². The molecule has 1 aliphatic heterocycles. The van der Waals surface area contributed by atoms with Crippen LogP contribution in [0.1, 0.15) is 24.6 Å². The number of fused-ring (bicyclic) bond motifs is 1. The summed E-state index contributed by atoms with van der Waals surface area (Å²) in [6.07, 6.45) is 5.92. The molecule has 19 heavy (non-hydrogen) atoms. The van der Waals surface area contributed by atoms with Crippen molar-refractivity contribution in [2.75, 3.05) is 13.1 Å². The minimum Gasteiger partial charge on any atom is -0.465 e. The first-order chi connectivity index (χ1) is 9.16. The van der Waals surface area contributed by atoms with Gasteiger partial charge in [-0.2, -0.15) is 0 Å². The summed E-state index contributed by atoms with van der Waals surface area (Å²) >= 11 is 6.02. The molecular weight excluding hydrogens is 268 g/mol. The standard InChI is InChI=1S/C12H13ClN4O2/c13-10-9-7-15-11(17(9)6-3-14-10)8-1-4-16(5-2-8)12(18)19/h3,6-8H,1-2,4-5H2,(H,18,19). The minimum absolute atomic E-state index is 0.261. The van der Waals surface area contributed by atoms with Crippen LogP contribution >= 0.6 is 11.6 Å². The molecule has 1 fully saturated rings. The van der Waals surface area contributed by atoms with E-state index < -0.39 is 6.09 Å². The van der Waals surface area contributed by atoms with Crippen LogP contribution in [0.3, 0.4) is 0 Å². The van der Waals surface area contributed by atoms with Gasteiger partial charge in [-0.05, 0) is 12.8 Å². The highest BCUT2D eigenvalue weighted by Crippen LogP contribution is 2.28. The highest BCUT2D eigenvalue weighted by atomic mass is 35.5. The predicted octanol–water partition coefficient (Wildman–Crippen LogP) is 2.24. The Hall–Kier alpha value is -1.82. The van der Waals surface area contributed by atoms with Crippen molar-refractivity contribution in [3.63, 3.8) is 0 Å². The Labute approximate surface area is 114 Å². The number of carbonyl (C=O) groups is 1. The van der Waals surface area contributed by atoms with Crippen LogP contribution in [0.4, 0.5) is 4.79 Å². The van der Waals surface area contributed by atoms with Gasteiger partial charge >= 0.3 is 6.09 Å². The highest BCUT2D eigenvalue weighted by molar-refractivity contribution is 6.32. The number of rotatable bonds is 1. The number of nitrogens with zero attached hydrogens (tertiary/aromatic N) is 4. The molecule has 0 unspecified atom stereocenters. The number of imidazole rings is 1. The van der Waals surface area contributed by atoms with E-state index in [0.29, 0.717) is 18.2 Å². The van der Waals surface area contributed by atoms with Crippen LogP contribution in [-0.4, -0.2) is 43.6 Å². The number of aromatic nitrogens is 3. The Kier molecular flexibility index (Phi) is 3.02. The van der Waals surface area contributed by atoms with Crippen molar-refractivity contribution < 1.29 is 9.90 Å². The molecule has 0 aliphatic carbocycles. The number of halogens is 1. The first kappa shape index (κ1) is 12.2. The average molecular weight is 281 g/mol. The van der Waals surface area contributed by atoms with Gasteiger partial charge in [0.25, 0.3) is 0 Å². The van der Waals surface area contributed by atoms with Crippen molar-refractivity contribution in [1.82, 2.24) is 19.3 Å². The molecule has 1 N–H and O–H groups in total. The zero-order valence-corrected chi connectivity index (χ0v) is 10.9. The highest BCUT2D eigenvalue weighted by Gasteiger charge is 2.26. The fourth-order valence-electron chi connectivity index (χ4n) is 2.55. The number of piperidine rings is 1. The molecule has 100 valence electrons. The van der Waals surface area contributed by atoms with Gasteiger partial charge in [-0.1, -0.05) is 11.6 Å². The van der Waals surface area contributed by atoms with Crippen LogP contribution in [-0.2, 0) is 0 Å². The van der Waals surface area contributed by atoms with Crippen LogP contribution in [0.2, 0.25) is 5.15 Å². The molecule has 0 saturated carbocycles. The maximum absolute atomic E-state index is 10.9. The lowest BCUT2D eigenvalue weighted by molar-refractivity contribution is 0.131. The average Bonchev–Trinajstić information content (AvgIpc) is 2.84. The number of amides is 1. The van der Waals surface area contributed by atoms with E-state index in [2.05, 4.69) is 9.97 Å². The lowest BCUT2D eigenvalue weighted by atomic mass is 9.96. The van der Waals surface area contributed by atoms with Crippen molar-refractivity contribution in [2.45, 2.75) is 18.8 Å². The molecule has 3 rings (SSSR count). The topological polar surface area (TPSA) is 70.7 Å². The van der Waals surface area contributed by atoms with Crippen LogP contribution < -0.4 is 0 Å². The second-order valence-corrected chi connectivity index (χ2v) is 4.99. The Balaban J connectivity index is 1.86. The summed E-state index contributed by atoms with van der Waals surface area (Å²) in [6.45, 7) is 1.10. The molecular formula is C12H13ClN4O2. The number of carboxylic acid groups (broad SMARTS) is 1. The zero-order valence-electron chi connectivity index (χ0n) is 10.2. The number of hydrogen-bond acceptors (Lipinski definition) is 3. The third kappa shape index (κ3) is 2.12. The van der Waals surface area contributed by atoms with Crippen molar-refractivity contribution in [2.24, 2.45) is 0 Å². The second kappa shape index (κ2) is 4.70. The smallest absolute Gasteiger partial charge is 0.407 e. The van der Waals surface area contributed by atoms with Gasteiger partial charge in [0.2, 0.25) is 0 Å². The fourth-order valence-corrected chi connectivity index (χ4v) is 2.74. The summed E-state index contributed by atoms with van der Waals surface area (Å²) in [5, 5.41) is 9.38. The van der Waals surface area contributed by atoms with Gasteiger partial charge in [0.15, 0.2) is 5.15 Å². The fraction of sp³-hybridized carbons (Fsp3) is 0.417.